The maximum atomic E-state index is 12.4. The topological polar surface area (TPSA) is 55.4 Å². The number of hydrogen-bond acceptors (Lipinski definition) is 3. The van der Waals surface area contributed by atoms with Gasteiger partial charge >= 0.3 is 0 Å². The minimum Gasteiger partial charge on any atom is -0.380 e. The third-order valence-corrected chi connectivity index (χ3v) is 4.30. The van der Waals surface area contributed by atoms with Crippen molar-refractivity contribution in [1.82, 2.24) is 5.32 Å². The van der Waals surface area contributed by atoms with Gasteiger partial charge in [-0.1, -0.05) is 33.1 Å². The molecule has 1 unspecified atom stereocenters. The van der Waals surface area contributed by atoms with Crippen molar-refractivity contribution in [1.29, 1.82) is 0 Å². The van der Waals surface area contributed by atoms with Gasteiger partial charge in [0.05, 0.1) is 25.2 Å². The van der Waals surface area contributed by atoms with E-state index in [-0.39, 0.29) is 29.6 Å². The van der Waals surface area contributed by atoms with Gasteiger partial charge in [0.25, 0.3) is 0 Å². The Morgan fingerprint density at radius 3 is 2.21 bits per heavy atom. The van der Waals surface area contributed by atoms with E-state index in [9.17, 15) is 9.59 Å². The largest absolute Gasteiger partial charge is 0.380 e. The molecule has 0 spiro atoms. The Hall–Kier alpha value is -0.900. The van der Waals surface area contributed by atoms with Crippen LogP contribution in [0.5, 0.6) is 0 Å². The summed E-state index contributed by atoms with van der Waals surface area (Å²) in [4.78, 5) is 24.4. The van der Waals surface area contributed by atoms with Gasteiger partial charge in [-0.3, -0.25) is 9.59 Å². The quantitative estimate of drug-likeness (QED) is 0.828. The second-order valence-corrected chi connectivity index (χ2v) is 6.18. The number of ketones is 1. The second kappa shape index (κ2) is 6.51. The molecule has 1 aliphatic carbocycles. The van der Waals surface area contributed by atoms with Crippen molar-refractivity contribution in [3.05, 3.63) is 0 Å². The fourth-order valence-corrected chi connectivity index (χ4v) is 2.91. The normalized spacial score (nSPS) is 22.9. The van der Waals surface area contributed by atoms with Gasteiger partial charge in [-0.2, -0.15) is 0 Å². The van der Waals surface area contributed by atoms with E-state index < -0.39 is 0 Å². The first-order valence-corrected chi connectivity index (χ1v) is 7.51. The highest BCUT2D eigenvalue weighted by atomic mass is 16.5. The molecular formula is C15H25NO3. The highest BCUT2D eigenvalue weighted by molar-refractivity contribution is 5.91. The van der Waals surface area contributed by atoms with E-state index in [0.29, 0.717) is 19.1 Å². The number of nitrogens with one attached hydrogen (secondary N) is 1. The summed E-state index contributed by atoms with van der Waals surface area (Å²) in [6, 6.07) is -0.284. The van der Waals surface area contributed by atoms with Gasteiger partial charge in [-0.05, 0) is 18.8 Å². The Labute approximate surface area is 115 Å². The van der Waals surface area contributed by atoms with Gasteiger partial charge < -0.3 is 10.1 Å². The summed E-state index contributed by atoms with van der Waals surface area (Å²) in [6.45, 7) is 4.83. The molecule has 0 bridgehead atoms. The lowest BCUT2D eigenvalue weighted by Crippen LogP contribution is -2.52. The fourth-order valence-electron chi connectivity index (χ4n) is 2.91. The minimum absolute atomic E-state index is 0.00387. The first-order valence-electron chi connectivity index (χ1n) is 7.51. The van der Waals surface area contributed by atoms with Crippen LogP contribution in [0.4, 0.5) is 0 Å². The predicted molar refractivity (Wildman–Crippen MR) is 72.7 cm³/mol. The van der Waals surface area contributed by atoms with Crippen molar-refractivity contribution in [3.8, 4) is 0 Å². The van der Waals surface area contributed by atoms with E-state index in [1.54, 1.807) is 0 Å². The number of amides is 1. The number of Topliss-reactive ketones (excluding diaryl/α,β-unsaturated/α-hetero) is 1. The van der Waals surface area contributed by atoms with Crippen molar-refractivity contribution in [2.45, 2.75) is 52.0 Å². The van der Waals surface area contributed by atoms with Crippen LogP contribution < -0.4 is 5.32 Å². The molecule has 4 nitrogen and oxygen atoms in total. The highest BCUT2D eigenvalue weighted by Gasteiger charge is 2.35. The SMILES string of the molecule is CC(C)C(=O)C(NC(=O)C1COC1)C1CCCCC1. The summed E-state index contributed by atoms with van der Waals surface area (Å²) in [5.74, 6) is 0.431. The van der Waals surface area contributed by atoms with Crippen LogP contribution in [0.25, 0.3) is 0 Å². The Morgan fingerprint density at radius 1 is 1.11 bits per heavy atom. The van der Waals surface area contributed by atoms with E-state index in [1.807, 2.05) is 13.8 Å². The molecule has 1 saturated carbocycles. The molecule has 1 N–H and O–H groups in total. The zero-order chi connectivity index (χ0) is 13.8. The van der Waals surface area contributed by atoms with E-state index in [0.717, 1.165) is 12.8 Å². The standard InChI is InChI=1S/C15H25NO3/c1-10(2)14(17)13(11-6-4-3-5-7-11)16-15(18)12-8-19-9-12/h10-13H,3-9H2,1-2H3,(H,16,18). The second-order valence-electron chi connectivity index (χ2n) is 6.18. The Bertz CT molecular complexity index is 330. The zero-order valence-electron chi connectivity index (χ0n) is 12.0. The zero-order valence-corrected chi connectivity index (χ0v) is 12.0. The third-order valence-electron chi connectivity index (χ3n) is 4.30. The molecule has 0 aromatic rings. The summed E-state index contributed by atoms with van der Waals surface area (Å²) in [5.41, 5.74) is 0. The average molecular weight is 267 g/mol. The molecule has 108 valence electrons. The molecule has 0 radical (unpaired) electrons. The summed E-state index contributed by atoms with van der Waals surface area (Å²) in [5, 5.41) is 3.00. The van der Waals surface area contributed by atoms with Crippen LogP contribution in [0, 0.1) is 17.8 Å². The van der Waals surface area contributed by atoms with E-state index in [2.05, 4.69) is 5.32 Å². The summed E-state index contributed by atoms with van der Waals surface area (Å²) in [6.07, 6.45) is 5.72. The van der Waals surface area contributed by atoms with Crippen LogP contribution in [-0.2, 0) is 14.3 Å². The minimum atomic E-state index is -0.284. The number of carbonyl (C=O) groups is 2. The number of hydrogen-bond donors (Lipinski definition) is 1. The van der Waals surface area contributed by atoms with Gasteiger partial charge in [0, 0.05) is 5.92 Å². The van der Waals surface area contributed by atoms with Crippen LogP contribution >= 0.6 is 0 Å². The maximum absolute atomic E-state index is 12.4. The smallest absolute Gasteiger partial charge is 0.228 e. The van der Waals surface area contributed by atoms with Crippen molar-refractivity contribution < 1.29 is 14.3 Å². The van der Waals surface area contributed by atoms with E-state index in [1.165, 1.54) is 19.3 Å². The van der Waals surface area contributed by atoms with Crippen LogP contribution in [-0.4, -0.2) is 30.9 Å². The van der Waals surface area contributed by atoms with E-state index >= 15 is 0 Å². The molecule has 19 heavy (non-hydrogen) atoms. The van der Waals surface area contributed by atoms with Crippen molar-refractivity contribution in [2.24, 2.45) is 17.8 Å². The highest BCUT2D eigenvalue weighted by Crippen LogP contribution is 2.28. The number of rotatable bonds is 5. The molecule has 1 heterocycles. The van der Waals surface area contributed by atoms with Gasteiger partial charge in [-0.15, -0.1) is 0 Å². The lowest BCUT2D eigenvalue weighted by molar-refractivity contribution is -0.143. The van der Waals surface area contributed by atoms with Crippen molar-refractivity contribution in [3.63, 3.8) is 0 Å². The van der Waals surface area contributed by atoms with Crippen LogP contribution in [0.15, 0.2) is 0 Å². The number of ether oxygens (including phenoxy) is 1. The summed E-state index contributed by atoms with van der Waals surface area (Å²) >= 11 is 0. The lowest BCUT2D eigenvalue weighted by atomic mass is 9.80. The molecule has 0 aromatic heterocycles. The monoisotopic (exact) mass is 267 g/mol. The van der Waals surface area contributed by atoms with Gasteiger partial charge in [0.1, 0.15) is 0 Å². The van der Waals surface area contributed by atoms with Gasteiger partial charge in [0.2, 0.25) is 5.91 Å². The number of carbonyl (C=O) groups excluding carboxylic acids is 2. The predicted octanol–water partition coefficient (Wildman–Crippen LogP) is 1.92. The van der Waals surface area contributed by atoms with Crippen LogP contribution in [0.2, 0.25) is 0 Å². The molecule has 1 aliphatic heterocycles. The first kappa shape index (κ1) is 14.5. The lowest BCUT2D eigenvalue weighted by Gasteiger charge is -2.33. The summed E-state index contributed by atoms with van der Waals surface area (Å²) in [7, 11) is 0. The summed E-state index contributed by atoms with van der Waals surface area (Å²) < 4.78 is 5.05. The molecule has 2 aliphatic rings. The van der Waals surface area contributed by atoms with Crippen molar-refractivity contribution in [2.75, 3.05) is 13.2 Å². The van der Waals surface area contributed by atoms with Gasteiger partial charge in [0.15, 0.2) is 5.78 Å². The molecule has 2 rings (SSSR count). The fraction of sp³-hybridized carbons (Fsp3) is 0.867. The molecule has 1 amide bonds. The molecular weight excluding hydrogens is 242 g/mol. The Morgan fingerprint density at radius 2 is 1.74 bits per heavy atom. The average Bonchev–Trinajstić information content (AvgIpc) is 2.34. The molecule has 1 saturated heterocycles. The van der Waals surface area contributed by atoms with Crippen LogP contribution in [0.1, 0.15) is 46.0 Å². The molecule has 0 aromatic carbocycles. The molecule has 2 fully saturated rings. The van der Waals surface area contributed by atoms with Gasteiger partial charge in [-0.25, -0.2) is 0 Å². The molecule has 4 heteroatoms. The third kappa shape index (κ3) is 3.56. The first-order chi connectivity index (χ1) is 9.09. The van der Waals surface area contributed by atoms with Crippen molar-refractivity contribution >= 4 is 11.7 Å². The Balaban J connectivity index is 1.99. The van der Waals surface area contributed by atoms with E-state index in [4.69, 9.17) is 4.74 Å². The maximum Gasteiger partial charge on any atom is 0.228 e. The Kier molecular flexibility index (Phi) is 4.97. The molecule has 1 atom stereocenters. The van der Waals surface area contributed by atoms with Crippen LogP contribution in [0.3, 0.4) is 0 Å².